The molecule has 2 heterocycles. The highest BCUT2D eigenvalue weighted by Crippen LogP contribution is 2.53. The smallest absolute Gasteiger partial charge is 0.221 e. The van der Waals surface area contributed by atoms with Gasteiger partial charge in [-0.1, -0.05) is 19.8 Å². The highest BCUT2D eigenvalue weighted by atomic mass is 16.5. The third-order valence-corrected chi connectivity index (χ3v) is 4.87. The molecule has 3 heteroatoms. The molecule has 0 aromatic heterocycles. The first kappa shape index (κ1) is 10.6. The van der Waals surface area contributed by atoms with Gasteiger partial charge in [0.1, 0.15) is 0 Å². The quantitative estimate of drug-likeness (QED) is 0.776. The summed E-state index contributed by atoms with van der Waals surface area (Å²) in [6.07, 6.45) is 6.70. The van der Waals surface area contributed by atoms with Gasteiger partial charge in [0.05, 0.1) is 5.54 Å². The van der Waals surface area contributed by atoms with Gasteiger partial charge >= 0.3 is 0 Å². The molecule has 3 aliphatic rings. The highest BCUT2D eigenvalue weighted by Gasteiger charge is 2.56. The molecule has 0 aromatic carbocycles. The molecule has 16 heavy (non-hydrogen) atoms. The van der Waals surface area contributed by atoms with Gasteiger partial charge in [0.2, 0.25) is 5.91 Å². The van der Waals surface area contributed by atoms with Gasteiger partial charge in [-0.25, -0.2) is 0 Å². The average Bonchev–Trinajstić information content (AvgIpc) is 2.98. The minimum Gasteiger partial charge on any atom is -0.381 e. The van der Waals surface area contributed by atoms with Crippen LogP contribution in [0, 0.1) is 11.3 Å². The molecule has 2 saturated heterocycles. The third kappa shape index (κ3) is 1.56. The third-order valence-electron chi connectivity index (χ3n) is 4.87. The maximum atomic E-state index is 11.8. The Labute approximate surface area is 96.9 Å². The Hall–Kier alpha value is -0.570. The van der Waals surface area contributed by atoms with Crippen molar-refractivity contribution in [3.05, 3.63) is 0 Å². The van der Waals surface area contributed by atoms with Crippen LogP contribution in [0.5, 0.6) is 0 Å². The van der Waals surface area contributed by atoms with E-state index in [0.717, 1.165) is 38.4 Å². The van der Waals surface area contributed by atoms with Gasteiger partial charge in [-0.05, 0) is 30.6 Å². The van der Waals surface area contributed by atoms with Crippen molar-refractivity contribution < 1.29 is 9.53 Å². The minimum absolute atomic E-state index is 0.0466. The topological polar surface area (TPSA) is 38.3 Å². The van der Waals surface area contributed by atoms with Gasteiger partial charge in [0.15, 0.2) is 0 Å². The van der Waals surface area contributed by atoms with Crippen molar-refractivity contribution in [1.29, 1.82) is 0 Å². The van der Waals surface area contributed by atoms with Crippen molar-refractivity contribution in [2.24, 2.45) is 11.3 Å². The van der Waals surface area contributed by atoms with Crippen LogP contribution < -0.4 is 5.32 Å². The highest BCUT2D eigenvalue weighted by molar-refractivity contribution is 5.81. The molecule has 3 fully saturated rings. The van der Waals surface area contributed by atoms with E-state index in [1.54, 1.807) is 0 Å². The van der Waals surface area contributed by atoms with Gasteiger partial charge in [0.25, 0.3) is 0 Å². The molecule has 1 N–H and O–H groups in total. The molecule has 1 atom stereocenters. The van der Waals surface area contributed by atoms with Crippen LogP contribution in [0.1, 0.15) is 45.4 Å². The summed E-state index contributed by atoms with van der Waals surface area (Å²) in [6, 6.07) is 0. The molecule has 0 aromatic rings. The second kappa shape index (κ2) is 3.46. The average molecular weight is 223 g/mol. The van der Waals surface area contributed by atoms with E-state index in [-0.39, 0.29) is 16.9 Å². The largest absolute Gasteiger partial charge is 0.381 e. The Bertz CT molecular complexity index is 305. The summed E-state index contributed by atoms with van der Waals surface area (Å²) >= 11 is 0. The molecule has 3 rings (SSSR count). The molecular formula is C13H21NO2. The van der Waals surface area contributed by atoms with E-state index in [1.807, 2.05) is 0 Å². The number of nitrogens with one attached hydrogen (secondary N) is 1. The number of rotatable bonds is 2. The Morgan fingerprint density at radius 3 is 2.69 bits per heavy atom. The second-order valence-corrected chi connectivity index (χ2v) is 6.13. The monoisotopic (exact) mass is 223 g/mol. The maximum Gasteiger partial charge on any atom is 0.221 e. The second-order valence-electron chi connectivity index (χ2n) is 6.13. The molecule has 2 aliphatic heterocycles. The summed E-state index contributed by atoms with van der Waals surface area (Å²) in [5, 5.41) is 3.27. The zero-order valence-corrected chi connectivity index (χ0v) is 10.1. The molecular weight excluding hydrogens is 202 g/mol. The van der Waals surface area contributed by atoms with Crippen molar-refractivity contribution in [3.8, 4) is 0 Å². The summed E-state index contributed by atoms with van der Waals surface area (Å²) in [7, 11) is 0. The lowest BCUT2D eigenvalue weighted by atomic mass is 9.65. The number of carbonyl (C=O) groups excluding carboxylic acids is 1. The Morgan fingerprint density at radius 2 is 2.06 bits per heavy atom. The van der Waals surface area contributed by atoms with E-state index in [0.29, 0.717) is 0 Å². The number of amides is 1. The van der Waals surface area contributed by atoms with Crippen molar-refractivity contribution in [2.45, 2.75) is 51.0 Å². The van der Waals surface area contributed by atoms with Crippen LogP contribution in [0.15, 0.2) is 0 Å². The lowest BCUT2D eigenvalue weighted by molar-refractivity contribution is -0.120. The molecule has 90 valence electrons. The first-order valence-electron chi connectivity index (χ1n) is 6.52. The number of hydrogen-bond donors (Lipinski definition) is 1. The van der Waals surface area contributed by atoms with E-state index < -0.39 is 0 Å². The minimum atomic E-state index is 0.0466. The van der Waals surface area contributed by atoms with Crippen LogP contribution in [0.2, 0.25) is 0 Å². The van der Waals surface area contributed by atoms with Crippen LogP contribution in [-0.4, -0.2) is 24.7 Å². The van der Waals surface area contributed by atoms with E-state index in [1.165, 1.54) is 19.3 Å². The molecule has 1 amide bonds. The lowest BCUT2D eigenvalue weighted by Gasteiger charge is -2.45. The van der Waals surface area contributed by atoms with Crippen molar-refractivity contribution in [2.75, 3.05) is 13.2 Å². The number of hydrogen-bond acceptors (Lipinski definition) is 2. The molecule has 1 spiro atoms. The fraction of sp³-hybridized carbons (Fsp3) is 0.923. The van der Waals surface area contributed by atoms with E-state index in [9.17, 15) is 4.79 Å². The van der Waals surface area contributed by atoms with Gasteiger partial charge < -0.3 is 10.1 Å². The van der Waals surface area contributed by atoms with Gasteiger partial charge in [-0.2, -0.15) is 0 Å². The fourth-order valence-corrected chi connectivity index (χ4v) is 3.66. The van der Waals surface area contributed by atoms with Gasteiger partial charge in [0, 0.05) is 19.6 Å². The van der Waals surface area contributed by atoms with E-state index in [2.05, 4.69) is 12.2 Å². The molecule has 0 radical (unpaired) electrons. The molecule has 0 bridgehead atoms. The zero-order valence-electron chi connectivity index (χ0n) is 10.1. The summed E-state index contributed by atoms with van der Waals surface area (Å²) in [4.78, 5) is 11.8. The molecule has 1 saturated carbocycles. The molecule has 1 aliphatic carbocycles. The molecule has 3 nitrogen and oxygen atoms in total. The van der Waals surface area contributed by atoms with Crippen LogP contribution in [-0.2, 0) is 9.53 Å². The van der Waals surface area contributed by atoms with Crippen molar-refractivity contribution in [3.63, 3.8) is 0 Å². The standard InChI is InChI=1S/C13H21NO2/c1-12(8-10-2-3-10)9-11(15)14-13(12)4-6-16-7-5-13/h10H,2-9H2,1H3,(H,14,15). The normalized spacial score (nSPS) is 37.7. The number of ether oxygens (including phenoxy) is 1. The predicted molar refractivity (Wildman–Crippen MR) is 61.0 cm³/mol. The van der Waals surface area contributed by atoms with Gasteiger partial charge in [-0.3, -0.25) is 4.79 Å². The SMILES string of the molecule is CC1(CC2CC2)CC(=O)NC12CCOCC2. The first-order chi connectivity index (χ1) is 7.64. The number of carbonyl (C=O) groups is 1. The lowest BCUT2D eigenvalue weighted by Crippen LogP contribution is -2.54. The van der Waals surface area contributed by atoms with Crippen molar-refractivity contribution >= 4 is 5.91 Å². The summed E-state index contributed by atoms with van der Waals surface area (Å²) in [5.74, 6) is 1.14. The Morgan fingerprint density at radius 1 is 1.38 bits per heavy atom. The summed E-state index contributed by atoms with van der Waals surface area (Å²) < 4.78 is 5.45. The predicted octanol–water partition coefficient (Wildman–Crippen LogP) is 1.86. The van der Waals surface area contributed by atoms with E-state index >= 15 is 0 Å². The van der Waals surface area contributed by atoms with Gasteiger partial charge in [-0.15, -0.1) is 0 Å². The van der Waals surface area contributed by atoms with Crippen LogP contribution >= 0.6 is 0 Å². The zero-order chi connectivity index (χ0) is 11.2. The summed E-state index contributed by atoms with van der Waals surface area (Å²) in [5.41, 5.74) is 0.222. The summed E-state index contributed by atoms with van der Waals surface area (Å²) in [6.45, 7) is 3.93. The fourth-order valence-electron chi connectivity index (χ4n) is 3.66. The maximum absolute atomic E-state index is 11.8. The van der Waals surface area contributed by atoms with Crippen LogP contribution in [0.3, 0.4) is 0 Å². The molecule has 1 unspecified atom stereocenters. The Kier molecular flexibility index (Phi) is 2.29. The van der Waals surface area contributed by atoms with Crippen molar-refractivity contribution in [1.82, 2.24) is 5.32 Å². The van der Waals surface area contributed by atoms with Crippen LogP contribution in [0.4, 0.5) is 0 Å². The Balaban J connectivity index is 1.84. The van der Waals surface area contributed by atoms with Crippen LogP contribution in [0.25, 0.3) is 0 Å². The first-order valence-corrected chi connectivity index (χ1v) is 6.52. The van der Waals surface area contributed by atoms with E-state index in [4.69, 9.17) is 4.74 Å².